The maximum Gasteiger partial charge on any atom is 0.254 e. The Bertz CT molecular complexity index is 604. The van der Waals surface area contributed by atoms with Crippen LogP contribution in [0.1, 0.15) is 19.5 Å². The van der Waals surface area contributed by atoms with E-state index in [2.05, 4.69) is 15.1 Å². The van der Waals surface area contributed by atoms with Crippen molar-refractivity contribution in [2.45, 2.75) is 20.8 Å². The molecule has 2 rings (SSSR count). The van der Waals surface area contributed by atoms with E-state index in [0.29, 0.717) is 12.3 Å². The average molecular weight is 276 g/mol. The van der Waals surface area contributed by atoms with Gasteiger partial charge >= 0.3 is 0 Å². The maximum absolute atomic E-state index is 12.2. The minimum absolute atomic E-state index is 0.0974. The maximum atomic E-state index is 12.2. The summed E-state index contributed by atoms with van der Waals surface area (Å²) in [7, 11) is 1.87. The molecule has 7 nitrogen and oxygen atoms in total. The van der Waals surface area contributed by atoms with Crippen molar-refractivity contribution in [3.63, 3.8) is 0 Å². The topological polar surface area (TPSA) is 66.6 Å². The molecular formula is C13H20N6O. The van der Waals surface area contributed by atoms with Gasteiger partial charge in [-0.25, -0.2) is 4.98 Å². The highest BCUT2D eigenvalue weighted by molar-refractivity contribution is 5.81. The Labute approximate surface area is 118 Å². The van der Waals surface area contributed by atoms with Crippen molar-refractivity contribution < 1.29 is 4.79 Å². The van der Waals surface area contributed by atoms with Crippen LogP contribution in [0.15, 0.2) is 12.4 Å². The lowest BCUT2D eigenvalue weighted by molar-refractivity contribution is -0.129. The number of likely N-dealkylation sites (N-methyl/N-ethyl adjacent to an activating group) is 2. The molecule has 0 aliphatic rings. The molecule has 0 bridgehead atoms. The van der Waals surface area contributed by atoms with Crippen LogP contribution in [0.4, 0.5) is 5.82 Å². The zero-order valence-electron chi connectivity index (χ0n) is 12.4. The third-order valence-electron chi connectivity index (χ3n) is 3.24. The lowest BCUT2D eigenvalue weighted by Crippen LogP contribution is -2.39. The molecule has 108 valence electrons. The van der Waals surface area contributed by atoms with Crippen LogP contribution in [0.2, 0.25) is 0 Å². The zero-order chi connectivity index (χ0) is 14.7. The third kappa shape index (κ3) is 2.71. The molecule has 7 heteroatoms. The lowest BCUT2D eigenvalue weighted by Gasteiger charge is -2.24. The summed E-state index contributed by atoms with van der Waals surface area (Å²) in [5.41, 5.74) is 0.850. The lowest BCUT2D eigenvalue weighted by atomic mass is 10.3. The average Bonchev–Trinajstić information content (AvgIpc) is 2.86. The first-order chi connectivity index (χ1) is 9.56. The van der Waals surface area contributed by atoms with E-state index in [1.54, 1.807) is 4.52 Å². The van der Waals surface area contributed by atoms with Gasteiger partial charge in [-0.05, 0) is 20.8 Å². The number of aromatic nitrogens is 4. The molecule has 0 aromatic carbocycles. The quantitative estimate of drug-likeness (QED) is 0.805. The first kappa shape index (κ1) is 14.2. The Hall–Kier alpha value is -2.18. The fourth-order valence-corrected chi connectivity index (χ4v) is 2.14. The number of amides is 1. The Morgan fingerprint density at radius 2 is 2.05 bits per heavy atom. The molecule has 1 amide bonds. The van der Waals surface area contributed by atoms with Gasteiger partial charge in [0.1, 0.15) is 12.1 Å². The largest absolute Gasteiger partial charge is 0.350 e. The van der Waals surface area contributed by atoms with Crippen LogP contribution < -0.4 is 4.90 Å². The van der Waals surface area contributed by atoms with Gasteiger partial charge in [0.15, 0.2) is 0 Å². The summed E-state index contributed by atoms with van der Waals surface area (Å²) >= 11 is 0. The number of aryl methyl sites for hydroxylation is 1. The second kappa shape index (κ2) is 5.85. The van der Waals surface area contributed by atoms with Crippen molar-refractivity contribution in [1.82, 2.24) is 24.5 Å². The molecule has 0 saturated heterocycles. The Kier molecular flexibility index (Phi) is 4.16. The number of hydrogen-bond acceptors (Lipinski definition) is 5. The van der Waals surface area contributed by atoms with Gasteiger partial charge in [-0.2, -0.15) is 14.6 Å². The molecule has 2 heterocycles. The number of anilines is 1. The standard InChI is InChI=1S/C13H20N6O/c1-5-18(6-2)12(20)8-17(4)11-7-10(3)16-13-14-9-15-19(11)13/h7,9H,5-6,8H2,1-4H3. The van der Waals surface area contributed by atoms with Crippen LogP contribution in [-0.2, 0) is 4.79 Å². The Morgan fingerprint density at radius 3 is 2.70 bits per heavy atom. The van der Waals surface area contributed by atoms with Crippen molar-refractivity contribution in [1.29, 1.82) is 0 Å². The van der Waals surface area contributed by atoms with Gasteiger partial charge in [-0.3, -0.25) is 4.79 Å². The fourth-order valence-electron chi connectivity index (χ4n) is 2.14. The van der Waals surface area contributed by atoms with Gasteiger partial charge in [0.2, 0.25) is 5.91 Å². The van der Waals surface area contributed by atoms with Gasteiger partial charge < -0.3 is 9.80 Å². The van der Waals surface area contributed by atoms with Crippen molar-refractivity contribution in [3.8, 4) is 0 Å². The Balaban J connectivity index is 2.25. The molecule has 2 aromatic rings. The summed E-state index contributed by atoms with van der Waals surface area (Å²) in [6.45, 7) is 7.61. The molecule has 0 aliphatic carbocycles. The van der Waals surface area contributed by atoms with Crippen LogP contribution in [-0.4, -0.2) is 57.1 Å². The van der Waals surface area contributed by atoms with Crippen molar-refractivity contribution in [2.24, 2.45) is 0 Å². The van der Waals surface area contributed by atoms with Gasteiger partial charge in [0.05, 0.1) is 6.54 Å². The van der Waals surface area contributed by atoms with Crippen LogP contribution in [0.3, 0.4) is 0 Å². The van der Waals surface area contributed by atoms with E-state index in [-0.39, 0.29) is 5.91 Å². The number of hydrogen-bond donors (Lipinski definition) is 0. The SMILES string of the molecule is CCN(CC)C(=O)CN(C)c1cc(C)nc2ncnn12. The summed E-state index contributed by atoms with van der Waals surface area (Å²) < 4.78 is 1.64. The highest BCUT2D eigenvalue weighted by atomic mass is 16.2. The molecule has 0 atom stereocenters. The predicted molar refractivity (Wildman–Crippen MR) is 76.7 cm³/mol. The molecule has 0 saturated carbocycles. The number of carbonyl (C=O) groups excluding carboxylic acids is 1. The monoisotopic (exact) mass is 276 g/mol. The second-order valence-corrected chi connectivity index (χ2v) is 4.65. The van der Waals surface area contributed by atoms with E-state index in [9.17, 15) is 4.79 Å². The smallest absolute Gasteiger partial charge is 0.254 e. The minimum atomic E-state index is 0.0974. The molecule has 0 unspecified atom stereocenters. The van der Waals surface area contributed by atoms with Gasteiger partial charge in [0.25, 0.3) is 5.78 Å². The van der Waals surface area contributed by atoms with E-state index in [1.807, 2.05) is 43.7 Å². The summed E-state index contributed by atoms with van der Waals surface area (Å²) in [5, 5.41) is 4.15. The molecule has 0 spiro atoms. The highest BCUT2D eigenvalue weighted by Crippen LogP contribution is 2.14. The molecule has 0 N–H and O–H groups in total. The van der Waals surface area contributed by atoms with E-state index in [4.69, 9.17) is 0 Å². The van der Waals surface area contributed by atoms with Crippen molar-refractivity contribution >= 4 is 17.5 Å². The van der Waals surface area contributed by atoms with E-state index >= 15 is 0 Å². The van der Waals surface area contributed by atoms with Gasteiger partial charge in [0, 0.05) is 31.9 Å². The van der Waals surface area contributed by atoms with Crippen molar-refractivity contribution in [2.75, 3.05) is 31.6 Å². The molecule has 20 heavy (non-hydrogen) atoms. The molecule has 0 fully saturated rings. The second-order valence-electron chi connectivity index (χ2n) is 4.65. The van der Waals surface area contributed by atoms with Crippen LogP contribution in [0.25, 0.3) is 5.78 Å². The van der Waals surface area contributed by atoms with Gasteiger partial charge in [-0.1, -0.05) is 0 Å². The summed E-state index contributed by atoms with van der Waals surface area (Å²) in [6, 6.07) is 1.90. The third-order valence-corrected chi connectivity index (χ3v) is 3.24. The fraction of sp³-hybridized carbons (Fsp3) is 0.538. The first-order valence-corrected chi connectivity index (χ1v) is 6.73. The summed E-state index contributed by atoms with van der Waals surface area (Å²) in [5.74, 6) is 1.45. The minimum Gasteiger partial charge on any atom is -0.350 e. The predicted octanol–water partition coefficient (Wildman–Crippen LogP) is 0.737. The van der Waals surface area contributed by atoms with E-state index in [1.165, 1.54) is 6.33 Å². The number of nitrogens with zero attached hydrogens (tertiary/aromatic N) is 6. The van der Waals surface area contributed by atoms with Crippen LogP contribution in [0, 0.1) is 6.92 Å². The summed E-state index contributed by atoms with van der Waals surface area (Å²) in [4.78, 5) is 24.2. The molecule has 2 aromatic heterocycles. The molecule has 0 aliphatic heterocycles. The number of rotatable bonds is 5. The van der Waals surface area contributed by atoms with Gasteiger partial charge in [-0.15, -0.1) is 0 Å². The molecular weight excluding hydrogens is 256 g/mol. The molecule has 0 radical (unpaired) electrons. The highest BCUT2D eigenvalue weighted by Gasteiger charge is 2.16. The van der Waals surface area contributed by atoms with E-state index < -0.39 is 0 Å². The van der Waals surface area contributed by atoms with Crippen LogP contribution in [0.5, 0.6) is 0 Å². The summed E-state index contributed by atoms with van der Waals surface area (Å²) in [6.07, 6.45) is 1.46. The number of fused-ring (bicyclic) bond motifs is 1. The normalized spacial score (nSPS) is 10.8. The Morgan fingerprint density at radius 1 is 1.35 bits per heavy atom. The number of carbonyl (C=O) groups is 1. The first-order valence-electron chi connectivity index (χ1n) is 6.73. The van der Waals surface area contributed by atoms with Crippen molar-refractivity contribution in [3.05, 3.63) is 18.1 Å². The van der Waals surface area contributed by atoms with Crippen LogP contribution >= 0.6 is 0 Å². The van der Waals surface area contributed by atoms with E-state index in [0.717, 1.165) is 24.6 Å². The zero-order valence-corrected chi connectivity index (χ0v) is 12.4.